The summed E-state index contributed by atoms with van der Waals surface area (Å²) in [5.41, 5.74) is 0.547. The topological polar surface area (TPSA) is 95.9 Å². The molecule has 0 spiro atoms. The van der Waals surface area contributed by atoms with E-state index in [4.69, 9.17) is 0 Å². The molecular weight excluding hydrogens is 296 g/mol. The van der Waals surface area contributed by atoms with Gasteiger partial charge in [-0.1, -0.05) is 6.92 Å². The molecule has 2 aromatic rings. The molecule has 1 fully saturated rings. The molecule has 124 valence electrons. The van der Waals surface area contributed by atoms with Crippen LogP contribution in [0.2, 0.25) is 0 Å². The molecule has 1 atom stereocenters. The van der Waals surface area contributed by atoms with Crippen LogP contribution in [0.25, 0.3) is 11.2 Å². The van der Waals surface area contributed by atoms with Crippen LogP contribution in [0.1, 0.15) is 26.2 Å². The normalized spacial score (nSPS) is 18.6. The number of aryl methyl sites for hydroxylation is 1. The van der Waals surface area contributed by atoms with E-state index in [1.807, 2.05) is 0 Å². The van der Waals surface area contributed by atoms with E-state index in [1.54, 1.807) is 10.9 Å². The van der Waals surface area contributed by atoms with Crippen molar-refractivity contribution in [2.75, 3.05) is 19.6 Å². The number of likely N-dealkylation sites (tertiary alicyclic amines) is 1. The van der Waals surface area contributed by atoms with E-state index in [1.165, 1.54) is 12.7 Å². The van der Waals surface area contributed by atoms with Crippen molar-refractivity contribution >= 4 is 17.1 Å². The van der Waals surface area contributed by atoms with E-state index in [0.29, 0.717) is 36.7 Å². The van der Waals surface area contributed by atoms with E-state index >= 15 is 0 Å². The fraction of sp³-hybridized carbons (Fsp3) is 0.600. The third-order valence-corrected chi connectivity index (χ3v) is 4.43. The van der Waals surface area contributed by atoms with Crippen molar-refractivity contribution in [3.05, 3.63) is 23.0 Å². The molecule has 1 saturated heterocycles. The van der Waals surface area contributed by atoms with Gasteiger partial charge in [0.25, 0.3) is 5.56 Å². The molecule has 0 bridgehead atoms. The average Bonchev–Trinajstić information content (AvgIpc) is 3.18. The molecular formula is C15H22N6O2. The number of likely N-dealkylation sites (N-methyl/N-ethyl adjacent to an activating group) is 1. The molecule has 3 heterocycles. The number of nitrogens with zero attached hydrogens (tertiary/aromatic N) is 4. The van der Waals surface area contributed by atoms with Gasteiger partial charge in [-0.2, -0.15) is 0 Å². The Kier molecular flexibility index (Phi) is 4.71. The zero-order valence-corrected chi connectivity index (χ0v) is 13.3. The van der Waals surface area contributed by atoms with Gasteiger partial charge in [0.2, 0.25) is 5.91 Å². The zero-order valence-electron chi connectivity index (χ0n) is 13.3. The lowest BCUT2D eigenvalue weighted by Crippen LogP contribution is -2.40. The summed E-state index contributed by atoms with van der Waals surface area (Å²) in [6, 6.07) is 0.457. The van der Waals surface area contributed by atoms with Crippen LogP contribution in [0.15, 0.2) is 17.4 Å². The van der Waals surface area contributed by atoms with E-state index in [-0.39, 0.29) is 11.5 Å². The number of nitrogens with one attached hydrogen (secondary N) is 2. The van der Waals surface area contributed by atoms with Crippen LogP contribution in [0.4, 0.5) is 0 Å². The van der Waals surface area contributed by atoms with Gasteiger partial charge in [0.15, 0.2) is 11.2 Å². The van der Waals surface area contributed by atoms with Crippen molar-refractivity contribution < 1.29 is 4.79 Å². The van der Waals surface area contributed by atoms with E-state index in [2.05, 4.69) is 32.1 Å². The molecule has 8 heteroatoms. The number of imidazole rings is 1. The third kappa shape index (κ3) is 3.42. The summed E-state index contributed by atoms with van der Waals surface area (Å²) in [6.45, 7) is 5.47. The lowest BCUT2D eigenvalue weighted by molar-refractivity contribution is -0.121. The first kappa shape index (κ1) is 15.7. The fourth-order valence-corrected chi connectivity index (χ4v) is 3.14. The molecule has 8 nitrogen and oxygen atoms in total. The molecule has 3 rings (SSSR count). The van der Waals surface area contributed by atoms with Crippen molar-refractivity contribution in [1.29, 1.82) is 0 Å². The highest BCUT2D eigenvalue weighted by Gasteiger charge is 2.23. The van der Waals surface area contributed by atoms with Gasteiger partial charge in [0.1, 0.15) is 0 Å². The Morgan fingerprint density at radius 3 is 3.17 bits per heavy atom. The summed E-state index contributed by atoms with van der Waals surface area (Å²) in [4.78, 5) is 36.7. The highest BCUT2D eigenvalue weighted by atomic mass is 16.1. The van der Waals surface area contributed by atoms with Crippen molar-refractivity contribution in [2.45, 2.75) is 38.8 Å². The largest absolute Gasteiger partial charge is 0.354 e. The van der Waals surface area contributed by atoms with Crippen LogP contribution < -0.4 is 10.9 Å². The number of amides is 1. The van der Waals surface area contributed by atoms with Crippen molar-refractivity contribution in [1.82, 2.24) is 29.7 Å². The minimum absolute atomic E-state index is 0.0136. The Balaban J connectivity index is 1.52. The van der Waals surface area contributed by atoms with Crippen molar-refractivity contribution in [3.8, 4) is 0 Å². The number of H-pyrrole nitrogens is 1. The quantitative estimate of drug-likeness (QED) is 0.788. The molecule has 23 heavy (non-hydrogen) atoms. The second-order valence-electron chi connectivity index (χ2n) is 5.82. The first-order valence-corrected chi connectivity index (χ1v) is 8.08. The van der Waals surface area contributed by atoms with Gasteiger partial charge in [-0.25, -0.2) is 9.97 Å². The van der Waals surface area contributed by atoms with Crippen molar-refractivity contribution in [3.63, 3.8) is 0 Å². The molecule has 0 aliphatic carbocycles. The van der Waals surface area contributed by atoms with Gasteiger partial charge >= 0.3 is 0 Å². The Morgan fingerprint density at radius 2 is 2.35 bits per heavy atom. The van der Waals surface area contributed by atoms with Gasteiger partial charge in [-0.3, -0.25) is 14.5 Å². The summed E-state index contributed by atoms with van der Waals surface area (Å²) in [5.74, 6) is 0.0136. The molecule has 2 aromatic heterocycles. The predicted octanol–water partition coefficient (Wildman–Crippen LogP) is 0.110. The monoisotopic (exact) mass is 318 g/mol. The first-order chi connectivity index (χ1) is 11.2. The first-order valence-electron chi connectivity index (χ1n) is 8.08. The number of rotatable bonds is 6. The number of fused-ring (bicyclic) bond motifs is 1. The Hall–Kier alpha value is -2.22. The minimum atomic E-state index is -0.265. The Labute approximate surface area is 133 Å². The maximum absolute atomic E-state index is 12.0. The summed E-state index contributed by atoms with van der Waals surface area (Å²) in [7, 11) is 0. The van der Waals surface area contributed by atoms with Crippen LogP contribution >= 0.6 is 0 Å². The van der Waals surface area contributed by atoms with Crippen LogP contribution in [0, 0.1) is 0 Å². The van der Waals surface area contributed by atoms with Gasteiger partial charge in [0.05, 0.1) is 12.7 Å². The zero-order chi connectivity index (χ0) is 16.2. The maximum atomic E-state index is 12.0. The minimum Gasteiger partial charge on any atom is -0.354 e. The molecule has 0 aromatic carbocycles. The second kappa shape index (κ2) is 6.91. The number of aromatic amines is 1. The Bertz CT molecular complexity index is 737. The number of hydrogen-bond acceptors (Lipinski definition) is 5. The molecule has 1 amide bonds. The van der Waals surface area contributed by atoms with E-state index in [9.17, 15) is 9.59 Å². The van der Waals surface area contributed by atoms with Crippen LogP contribution in [-0.4, -0.2) is 56.0 Å². The summed E-state index contributed by atoms with van der Waals surface area (Å²) >= 11 is 0. The predicted molar refractivity (Wildman–Crippen MR) is 86.0 cm³/mol. The molecule has 1 aliphatic rings. The summed E-state index contributed by atoms with van der Waals surface area (Å²) in [6.07, 6.45) is 5.60. The highest BCUT2D eigenvalue weighted by Crippen LogP contribution is 2.15. The number of aromatic nitrogens is 4. The molecule has 0 saturated carbocycles. The third-order valence-electron chi connectivity index (χ3n) is 4.43. The van der Waals surface area contributed by atoms with Crippen molar-refractivity contribution in [2.24, 2.45) is 0 Å². The standard InChI is InChI=1S/C15H22N6O2/c1-2-20-6-3-4-11(20)8-16-12(22)5-7-21-10-19-13-14(21)17-9-18-15(13)23/h9-11H,2-8H2,1H3,(H,16,22)(H,17,18,23). The van der Waals surface area contributed by atoms with E-state index < -0.39 is 0 Å². The second-order valence-corrected chi connectivity index (χ2v) is 5.82. The Morgan fingerprint density at radius 1 is 1.48 bits per heavy atom. The van der Waals surface area contributed by atoms with Crippen LogP contribution in [-0.2, 0) is 11.3 Å². The number of carbonyl (C=O) groups excluding carboxylic acids is 1. The summed E-state index contributed by atoms with van der Waals surface area (Å²) in [5, 5.41) is 3.01. The fourth-order valence-electron chi connectivity index (χ4n) is 3.14. The molecule has 1 unspecified atom stereocenters. The smallest absolute Gasteiger partial charge is 0.278 e. The average molecular weight is 318 g/mol. The number of carbonyl (C=O) groups is 1. The molecule has 1 aliphatic heterocycles. The van der Waals surface area contributed by atoms with Crippen LogP contribution in [0.5, 0.6) is 0 Å². The van der Waals surface area contributed by atoms with Gasteiger partial charge < -0.3 is 14.9 Å². The molecule has 2 N–H and O–H groups in total. The number of hydrogen-bond donors (Lipinski definition) is 2. The van der Waals surface area contributed by atoms with Gasteiger partial charge in [-0.05, 0) is 25.9 Å². The summed E-state index contributed by atoms with van der Waals surface area (Å²) < 4.78 is 1.73. The van der Waals surface area contributed by atoms with Crippen LogP contribution in [0.3, 0.4) is 0 Å². The SMILES string of the molecule is CCN1CCCC1CNC(=O)CCn1cnc2c(=O)[nH]cnc21. The van der Waals surface area contributed by atoms with Gasteiger partial charge in [-0.15, -0.1) is 0 Å². The highest BCUT2D eigenvalue weighted by molar-refractivity contribution is 5.76. The maximum Gasteiger partial charge on any atom is 0.278 e. The lowest BCUT2D eigenvalue weighted by Gasteiger charge is -2.22. The molecule has 0 radical (unpaired) electrons. The lowest BCUT2D eigenvalue weighted by atomic mass is 10.2. The van der Waals surface area contributed by atoms with E-state index in [0.717, 1.165) is 19.5 Å². The van der Waals surface area contributed by atoms with Gasteiger partial charge in [0, 0.05) is 25.6 Å².